The number of hydrogen-bond donors (Lipinski definition) is 0. The number of esters is 2. The predicted molar refractivity (Wildman–Crippen MR) is 137 cm³/mol. The standard InChI is InChI=1S/C29H34O6/c1-17(2)28(30)34-20(6)15-32-26-22-10-8-9-11-23(22)27(25-14-19(5)12-13-24(25)26)33-16-21(7)35-29(31)18(3)4/h8-12,20-21H,1,3,13-16H2,2,4-7H3. The molecule has 0 N–H and O–H groups in total. The summed E-state index contributed by atoms with van der Waals surface area (Å²) in [6.45, 7) is 16.6. The van der Waals surface area contributed by atoms with Gasteiger partial charge in [-0.1, -0.05) is 49.1 Å². The second kappa shape index (κ2) is 11.3. The van der Waals surface area contributed by atoms with Crippen molar-refractivity contribution in [3.05, 3.63) is 71.3 Å². The monoisotopic (exact) mass is 478 g/mol. The van der Waals surface area contributed by atoms with Gasteiger partial charge >= 0.3 is 11.9 Å². The highest BCUT2D eigenvalue weighted by Gasteiger charge is 2.25. The van der Waals surface area contributed by atoms with E-state index in [1.54, 1.807) is 27.7 Å². The highest BCUT2D eigenvalue weighted by molar-refractivity contribution is 5.96. The zero-order valence-electron chi connectivity index (χ0n) is 21.2. The average Bonchev–Trinajstić information content (AvgIpc) is 2.80. The molecule has 35 heavy (non-hydrogen) atoms. The van der Waals surface area contributed by atoms with Crippen LogP contribution in [0.3, 0.4) is 0 Å². The van der Waals surface area contributed by atoms with Gasteiger partial charge in [-0.3, -0.25) is 0 Å². The molecule has 1 aliphatic carbocycles. The number of ether oxygens (including phenoxy) is 4. The Labute approximate surface area is 207 Å². The van der Waals surface area contributed by atoms with Crippen LogP contribution in [0.1, 0.15) is 45.7 Å². The minimum atomic E-state index is -0.436. The van der Waals surface area contributed by atoms with E-state index in [4.69, 9.17) is 18.9 Å². The van der Waals surface area contributed by atoms with Crippen molar-refractivity contribution in [1.82, 2.24) is 0 Å². The molecule has 0 spiro atoms. The molecule has 0 fully saturated rings. The van der Waals surface area contributed by atoms with E-state index in [2.05, 4.69) is 26.2 Å². The van der Waals surface area contributed by atoms with Crippen LogP contribution in [0.2, 0.25) is 0 Å². The minimum Gasteiger partial charge on any atom is -0.489 e. The van der Waals surface area contributed by atoms with E-state index in [0.717, 1.165) is 39.8 Å². The lowest BCUT2D eigenvalue weighted by molar-refractivity contribution is -0.145. The van der Waals surface area contributed by atoms with Crippen molar-refractivity contribution in [2.24, 2.45) is 0 Å². The minimum absolute atomic E-state index is 0.215. The Morgan fingerprint density at radius 2 is 1.31 bits per heavy atom. The Kier molecular flexibility index (Phi) is 8.39. The predicted octanol–water partition coefficient (Wildman–Crippen LogP) is 5.66. The third-order valence-electron chi connectivity index (χ3n) is 5.68. The smallest absolute Gasteiger partial charge is 0.333 e. The van der Waals surface area contributed by atoms with Gasteiger partial charge < -0.3 is 18.9 Å². The van der Waals surface area contributed by atoms with Crippen LogP contribution in [-0.4, -0.2) is 37.4 Å². The van der Waals surface area contributed by atoms with Crippen LogP contribution in [0.15, 0.2) is 60.2 Å². The van der Waals surface area contributed by atoms with Crippen molar-refractivity contribution in [2.45, 2.75) is 59.7 Å². The summed E-state index contributed by atoms with van der Waals surface area (Å²) in [5.74, 6) is 0.677. The first-order chi connectivity index (χ1) is 16.6. The van der Waals surface area contributed by atoms with Gasteiger partial charge in [-0.25, -0.2) is 9.59 Å². The molecule has 0 aromatic heterocycles. The Hall–Kier alpha value is -3.54. The molecule has 6 heteroatoms. The molecule has 0 amide bonds. The van der Waals surface area contributed by atoms with Crippen molar-refractivity contribution >= 4 is 22.7 Å². The van der Waals surface area contributed by atoms with Gasteiger partial charge in [0, 0.05) is 33.0 Å². The maximum Gasteiger partial charge on any atom is 0.333 e. The molecule has 186 valence electrons. The maximum atomic E-state index is 11.9. The average molecular weight is 479 g/mol. The molecule has 2 aromatic rings. The summed E-state index contributed by atoms with van der Waals surface area (Å²) < 4.78 is 23.4. The van der Waals surface area contributed by atoms with Gasteiger partial charge in [0.05, 0.1) is 0 Å². The van der Waals surface area contributed by atoms with Crippen LogP contribution < -0.4 is 9.47 Å². The molecule has 0 saturated carbocycles. The Morgan fingerprint density at radius 1 is 0.857 bits per heavy atom. The summed E-state index contributed by atoms with van der Waals surface area (Å²) in [4.78, 5) is 23.8. The molecule has 0 bridgehead atoms. The lowest BCUT2D eigenvalue weighted by Gasteiger charge is -2.26. The van der Waals surface area contributed by atoms with Crippen molar-refractivity contribution in [2.75, 3.05) is 13.2 Å². The summed E-state index contributed by atoms with van der Waals surface area (Å²) in [5.41, 5.74) is 4.06. The number of allylic oxidation sites excluding steroid dienone is 2. The molecule has 3 rings (SSSR count). The summed E-state index contributed by atoms with van der Waals surface area (Å²) in [6, 6.07) is 7.91. The van der Waals surface area contributed by atoms with Gasteiger partial charge in [0.25, 0.3) is 0 Å². The largest absolute Gasteiger partial charge is 0.489 e. The first-order valence-corrected chi connectivity index (χ1v) is 11.8. The fraction of sp³-hybridized carbons (Fsp3) is 0.379. The highest BCUT2D eigenvalue weighted by atomic mass is 16.6. The second-order valence-corrected chi connectivity index (χ2v) is 9.21. The van der Waals surface area contributed by atoms with E-state index in [0.29, 0.717) is 17.6 Å². The van der Waals surface area contributed by atoms with Gasteiger partial charge in [0.2, 0.25) is 0 Å². The summed E-state index contributed by atoms with van der Waals surface area (Å²) in [5, 5.41) is 1.83. The zero-order valence-corrected chi connectivity index (χ0v) is 21.2. The first kappa shape index (κ1) is 26.1. The van der Waals surface area contributed by atoms with Crippen molar-refractivity contribution in [3.8, 4) is 11.5 Å². The quantitative estimate of drug-likeness (QED) is 0.249. The highest BCUT2D eigenvalue weighted by Crippen LogP contribution is 2.44. The molecule has 0 radical (unpaired) electrons. The number of benzene rings is 2. The van der Waals surface area contributed by atoms with Crippen LogP contribution in [0, 0.1) is 0 Å². The molecular formula is C29H34O6. The molecule has 0 heterocycles. The second-order valence-electron chi connectivity index (χ2n) is 9.21. The van der Waals surface area contributed by atoms with Gasteiger partial charge in [0.15, 0.2) is 0 Å². The van der Waals surface area contributed by atoms with Crippen molar-refractivity contribution in [1.29, 1.82) is 0 Å². The van der Waals surface area contributed by atoms with Crippen molar-refractivity contribution < 1.29 is 28.5 Å². The van der Waals surface area contributed by atoms with E-state index in [1.807, 2.05) is 24.3 Å². The molecule has 1 aliphatic rings. The van der Waals surface area contributed by atoms with Gasteiger partial charge in [-0.2, -0.15) is 0 Å². The lowest BCUT2D eigenvalue weighted by atomic mass is 9.87. The molecule has 2 aromatic carbocycles. The molecule has 2 unspecified atom stereocenters. The zero-order chi connectivity index (χ0) is 25.7. The number of carbonyl (C=O) groups excluding carboxylic acids is 2. The summed E-state index contributed by atoms with van der Waals surface area (Å²) >= 11 is 0. The number of hydrogen-bond acceptors (Lipinski definition) is 6. The van der Waals surface area contributed by atoms with E-state index in [9.17, 15) is 9.59 Å². The van der Waals surface area contributed by atoms with Crippen LogP contribution in [0.5, 0.6) is 11.5 Å². The first-order valence-electron chi connectivity index (χ1n) is 11.8. The van der Waals surface area contributed by atoms with Crippen LogP contribution >= 0.6 is 0 Å². The van der Waals surface area contributed by atoms with Crippen molar-refractivity contribution in [3.63, 3.8) is 0 Å². The van der Waals surface area contributed by atoms with E-state index < -0.39 is 24.1 Å². The number of rotatable bonds is 10. The fourth-order valence-electron chi connectivity index (χ4n) is 3.87. The topological polar surface area (TPSA) is 71.1 Å². The van der Waals surface area contributed by atoms with E-state index in [-0.39, 0.29) is 13.2 Å². The normalized spacial score (nSPS) is 14.3. The molecule has 6 nitrogen and oxygen atoms in total. The maximum absolute atomic E-state index is 11.9. The van der Waals surface area contributed by atoms with Crippen LogP contribution in [-0.2, 0) is 31.9 Å². The van der Waals surface area contributed by atoms with Crippen LogP contribution in [0.4, 0.5) is 0 Å². The molecule has 0 aliphatic heterocycles. The van der Waals surface area contributed by atoms with Gasteiger partial charge in [0.1, 0.15) is 36.9 Å². The fourth-order valence-corrected chi connectivity index (χ4v) is 3.87. The van der Waals surface area contributed by atoms with Gasteiger partial charge in [-0.15, -0.1) is 0 Å². The Morgan fingerprint density at radius 3 is 1.77 bits per heavy atom. The van der Waals surface area contributed by atoms with Gasteiger partial charge in [-0.05, 0) is 47.5 Å². The van der Waals surface area contributed by atoms with Crippen LogP contribution in [0.25, 0.3) is 10.8 Å². The lowest BCUT2D eigenvalue weighted by Crippen LogP contribution is -2.24. The summed E-state index contributed by atoms with van der Waals surface area (Å²) in [6.07, 6.45) is 2.75. The third kappa shape index (κ3) is 6.32. The Balaban J connectivity index is 1.93. The summed E-state index contributed by atoms with van der Waals surface area (Å²) in [7, 11) is 0. The SMILES string of the molecule is C=C(C)C(=O)OC(C)COc1c2c(c(OCC(C)OC(=O)C(=C)C)c3ccccc13)CC(C)=CC2. The third-order valence-corrected chi connectivity index (χ3v) is 5.68. The number of fused-ring (bicyclic) bond motifs is 2. The Bertz CT molecular complexity index is 1190. The molecule has 0 saturated heterocycles. The number of carbonyl (C=O) groups is 2. The molecule has 2 atom stereocenters. The van der Waals surface area contributed by atoms with E-state index in [1.165, 1.54) is 5.57 Å². The van der Waals surface area contributed by atoms with E-state index >= 15 is 0 Å². The molecular weight excluding hydrogens is 444 g/mol.